The lowest BCUT2D eigenvalue weighted by atomic mass is 10.4. The Bertz CT molecular complexity index is 155. The zero-order chi connectivity index (χ0) is 7.82. The van der Waals surface area contributed by atoms with Crippen LogP contribution in [-0.2, 0) is 4.74 Å². The van der Waals surface area contributed by atoms with Gasteiger partial charge in [-0.15, -0.1) is 5.92 Å². The highest BCUT2D eigenvalue weighted by Gasteiger charge is 1.90. The number of hydrogen-bond donors (Lipinski definition) is 0. The lowest BCUT2D eigenvalue weighted by molar-refractivity contribution is 0.176. The number of ether oxygens (including phenoxy) is 1. The molecule has 0 rings (SSSR count). The summed E-state index contributed by atoms with van der Waals surface area (Å²) in [6.07, 6.45) is 1.39. The van der Waals surface area contributed by atoms with Crippen LogP contribution < -0.4 is 0 Å². The second-order valence-electron chi connectivity index (χ2n) is 1.54. The minimum absolute atomic E-state index is 0.287. The fraction of sp³-hybridized carbons (Fsp3) is 0.571. The minimum Gasteiger partial charge on any atom is -0.453 e. The third-order valence-electron chi connectivity index (χ3n) is 0.744. The molecule has 0 aliphatic rings. The fourth-order valence-electron chi connectivity index (χ4n) is 0.396. The number of carbonyl (C=O) groups excluding carboxylic acids is 1. The van der Waals surface area contributed by atoms with Crippen LogP contribution in [0.15, 0.2) is 0 Å². The summed E-state index contributed by atoms with van der Waals surface area (Å²) >= 11 is 4.88. The van der Waals surface area contributed by atoms with E-state index in [1.54, 1.807) is 0 Å². The molecule has 0 aromatic heterocycles. The first kappa shape index (κ1) is 9.32. The lowest BCUT2D eigenvalue weighted by Gasteiger charge is -1.92. The van der Waals surface area contributed by atoms with E-state index in [1.807, 2.05) is 6.92 Å². The van der Waals surface area contributed by atoms with Gasteiger partial charge in [0.2, 0.25) is 0 Å². The molecule has 0 saturated heterocycles. The molecule has 0 spiro atoms. The molecule has 0 atom stereocenters. The van der Waals surface area contributed by atoms with Crippen molar-refractivity contribution in [2.24, 2.45) is 0 Å². The molecule has 0 fully saturated rings. The zero-order valence-electron chi connectivity index (χ0n) is 5.82. The van der Waals surface area contributed by atoms with Gasteiger partial charge in [0.1, 0.15) is 6.61 Å². The summed E-state index contributed by atoms with van der Waals surface area (Å²) in [6.45, 7) is 2.25. The van der Waals surface area contributed by atoms with Crippen molar-refractivity contribution in [1.82, 2.24) is 0 Å². The van der Waals surface area contributed by atoms with E-state index in [0.29, 0.717) is 6.42 Å². The first-order valence-corrected chi connectivity index (χ1v) is 3.43. The van der Waals surface area contributed by atoms with Crippen LogP contribution in [0.1, 0.15) is 19.8 Å². The molecule has 0 aliphatic carbocycles. The molecular weight excluding hydrogens is 152 g/mol. The second kappa shape index (κ2) is 6.44. The molecule has 0 aliphatic heterocycles. The molecule has 0 aromatic carbocycles. The van der Waals surface area contributed by atoms with Crippen LogP contribution in [0, 0.1) is 11.8 Å². The molecule has 0 bridgehead atoms. The van der Waals surface area contributed by atoms with Crippen LogP contribution in [0.3, 0.4) is 0 Å². The third kappa shape index (κ3) is 7.32. The molecular formula is C7H9ClO2. The highest BCUT2D eigenvalue weighted by atomic mass is 35.5. The Balaban J connectivity index is 3.13. The molecule has 2 nitrogen and oxygen atoms in total. The number of halogens is 1. The van der Waals surface area contributed by atoms with Gasteiger partial charge < -0.3 is 4.74 Å². The summed E-state index contributed by atoms with van der Waals surface area (Å²) in [6, 6.07) is 0. The average molecular weight is 161 g/mol. The normalized spacial score (nSPS) is 7.80. The Morgan fingerprint density at radius 3 is 2.80 bits per heavy atom. The summed E-state index contributed by atoms with van der Waals surface area (Å²) in [5, 5.41) is 0. The number of rotatable bonds is 2. The van der Waals surface area contributed by atoms with E-state index in [-0.39, 0.29) is 6.61 Å². The van der Waals surface area contributed by atoms with Crippen molar-refractivity contribution >= 4 is 17.0 Å². The molecule has 0 heterocycles. The highest BCUT2D eigenvalue weighted by Crippen LogP contribution is 1.88. The quantitative estimate of drug-likeness (QED) is 0.352. The van der Waals surface area contributed by atoms with E-state index >= 15 is 0 Å². The van der Waals surface area contributed by atoms with Crippen LogP contribution in [0.2, 0.25) is 0 Å². The van der Waals surface area contributed by atoms with Gasteiger partial charge in [0, 0.05) is 24.4 Å². The largest absolute Gasteiger partial charge is 0.453 e. The fourth-order valence-corrected chi connectivity index (χ4v) is 0.473. The van der Waals surface area contributed by atoms with E-state index in [1.165, 1.54) is 0 Å². The van der Waals surface area contributed by atoms with Crippen molar-refractivity contribution in [3.63, 3.8) is 0 Å². The van der Waals surface area contributed by atoms with Crippen LogP contribution in [0.5, 0.6) is 0 Å². The third-order valence-corrected chi connectivity index (χ3v) is 0.853. The lowest BCUT2D eigenvalue weighted by Crippen LogP contribution is -1.94. The smallest absolute Gasteiger partial charge is 0.403 e. The van der Waals surface area contributed by atoms with Gasteiger partial charge in [-0.1, -0.05) is 12.8 Å². The topological polar surface area (TPSA) is 26.3 Å². The molecule has 10 heavy (non-hydrogen) atoms. The SMILES string of the molecule is CCC#CCCOC(=O)Cl. The zero-order valence-corrected chi connectivity index (χ0v) is 6.57. The Labute approximate surface area is 65.5 Å². The van der Waals surface area contributed by atoms with Crippen molar-refractivity contribution in [3.05, 3.63) is 0 Å². The molecule has 0 saturated carbocycles. The van der Waals surface area contributed by atoms with E-state index in [9.17, 15) is 4.79 Å². The predicted molar refractivity (Wildman–Crippen MR) is 39.9 cm³/mol. The average Bonchev–Trinajstić information content (AvgIpc) is 1.87. The molecule has 3 heteroatoms. The van der Waals surface area contributed by atoms with E-state index in [0.717, 1.165) is 6.42 Å². The van der Waals surface area contributed by atoms with Crippen molar-refractivity contribution < 1.29 is 9.53 Å². The van der Waals surface area contributed by atoms with Crippen molar-refractivity contribution in [2.45, 2.75) is 19.8 Å². The summed E-state index contributed by atoms with van der Waals surface area (Å²) in [5.41, 5.74) is -0.765. The Morgan fingerprint density at radius 2 is 2.30 bits per heavy atom. The maximum absolute atomic E-state index is 9.97. The first-order valence-electron chi connectivity index (χ1n) is 3.05. The number of hydrogen-bond acceptors (Lipinski definition) is 2. The van der Waals surface area contributed by atoms with Gasteiger partial charge in [0.05, 0.1) is 0 Å². The van der Waals surface area contributed by atoms with Gasteiger partial charge in [-0.25, -0.2) is 4.79 Å². The molecule has 0 radical (unpaired) electrons. The van der Waals surface area contributed by atoms with Crippen LogP contribution >= 0.6 is 11.6 Å². The highest BCUT2D eigenvalue weighted by molar-refractivity contribution is 6.61. The van der Waals surface area contributed by atoms with Crippen LogP contribution in [0.4, 0.5) is 4.79 Å². The maximum atomic E-state index is 9.97. The summed E-state index contributed by atoms with van der Waals surface area (Å²) in [7, 11) is 0. The second-order valence-corrected chi connectivity index (χ2v) is 1.85. The van der Waals surface area contributed by atoms with E-state index in [2.05, 4.69) is 16.6 Å². The molecule has 0 unspecified atom stereocenters. The Hall–Kier alpha value is -0.680. The van der Waals surface area contributed by atoms with Gasteiger partial charge in [-0.05, 0) is 0 Å². The summed E-state index contributed by atoms with van der Waals surface area (Å²) in [4.78, 5) is 9.97. The van der Waals surface area contributed by atoms with E-state index < -0.39 is 5.43 Å². The van der Waals surface area contributed by atoms with Gasteiger partial charge >= 0.3 is 5.43 Å². The summed E-state index contributed by atoms with van der Waals surface area (Å²) < 4.78 is 4.41. The van der Waals surface area contributed by atoms with E-state index in [4.69, 9.17) is 11.6 Å². The molecule has 56 valence electrons. The van der Waals surface area contributed by atoms with Gasteiger partial charge in [0.15, 0.2) is 0 Å². The summed E-state index contributed by atoms with van der Waals surface area (Å²) in [5.74, 6) is 5.64. The predicted octanol–water partition coefficient (Wildman–Crippen LogP) is 2.17. The first-order chi connectivity index (χ1) is 4.77. The van der Waals surface area contributed by atoms with Gasteiger partial charge in [-0.2, -0.15) is 0 Å². The number of carbonyl (C=O) groups is 1. The van der Waals surface area contributed by atoms with Crippen molar-refractivity contribution in [3.8, 4) is 11.8 Å². The van der Waals surface area contributed by atoms with Gasteiger partial charge in [-0.3, -0.25) is 0 Å². The van der Waals surface area contributed by atoms with Crippen molar-refractivity contribution in [2.75, 3.05) is 6.61 Å². The standard InChI is InChI=1S/C7H9ClO2/c1-2-3-4-5-6-10-7(8)9/h2,5-6H2,1H3. The molecule has 0 aromatic rings. The minimum atomic E-state index is -0.765. The van der Waals surface area contributed by atoms with Gasteiger partial charge in [0.25, 0.3) is 0 Å². The molecule has 0 N–H and O–H groups in total. The van der Waals surface area contributed by atoms with Crippen LogP contribution in [-0.4, -0.2) is 12.0 Å². The Kier molecular flexibility index (Phi) is 6.00. The van der Waals surface area contributed by atoms with Crippen LogP contribution in [0.25, 0.3) is 0 Å². The van der Waals surface area contributed by atoms with Crippen molar-refractivity contribution in [1.29, 1.82) is 0 Å². The monoisotopic (exact) mass is 160 g/mol. The molecule has 0 amide bonds. The Morgan fingerprint density at radius 1 is 1.60 bits per heavy atom. The maximum Gasteiger partial charge on any atom is 0.403 e.